The van der Waals surface area contributed by atoms with Gasteiger partial charge < -0.3 is 18.4 Å². The number of benzene rings is 2. The van der Waals surface area contributed by atoms with E-state index in [1.807, 2.05) is 0 Å². The lowest BCUT2D eigenvalue weighted by atomic mass is 10.1. The molecule has 0 atom stereocenters. The van der Waals surface area contributed by atoms with Crippen LogP contribution in [0.25, 0.3) is 0 Å². The molecule has 1 aliphatic rings. The number of amides is 2. The Bertz CT molecular complexity index is 1550. The van der Waals surface area contributed by atoms with Gasteiger partial charge in [-0.25, -0.2) is 14.5 Å². The molecular formula is C26H16N2O9. The Balaban J connectivity index is 1.21. The number of esters is 2. The number of aryl methyl sites for hydroxylation is 1. The molecule has 0 radical (unpaired) electrons. The summed E-state index contributed by atoms with van der Waals surface area (Å²) < 4.78 is 20.1. The molecule has 11 heteroatoms. The molecule has 0 unspecified atom stereocenters. The number of rotatable bonds is 7. The Kier molecular flexibility index (Phi) is 5.94. The molecule has 1 aliphatic heterocycles. The normalized spacial score (nSPS) is 12.4. The highest BCUT2D eigenvalue weighted by atomic mass is 16.5. The number of ketones is 1. The molecule has 4 aromatic rings. The minimum absolute atomic E-state index is 0.00566. The summed E-state index contributed by atoms with van der Waals surface area (Å²) in [5, 5.41) is 3.70. The van der Waals surface area contributed by atoms with Gasteiger partial charge in [-0.05, 0) is 61.5 Å². The van der Waals surface area contributed by atoms with E-state index in [2.05, 4.69) is 5.16 Å². The molecular weight excluding hydrogens is 484 g/mol. The zero-order valence-corrected chi connectivity index (χ0v) is 19.1. The molecule has 3 heterocycles. The topological polar surface area (TPSA) is 146 Å². The van der Waals surface area contributed by atoms with Gasteiger partial charge in [-0.1, -0.05) is 5.16 Å². The number of carbonyl (C=O) groups is 5. The molecule has 0 saturated heterocycles. The van der Waals surface area contributed by atoms with Crippen LogP contribution in [0, 0.1) is 6.92 Å². The van der Waals surface area contributed by atoms with E-state index in [-0.39, 0.29) is 39.6 Å². The van der Waals surface area contributed by atoms with Gasteiger partial charge in [0, 0.05) is 11.6 Å². The van der Waals surface area contributed by atoms with Crippen LogP contribution in [-0.2, 0) is 4.74 Å². The van der Waals surface area contributed by atoms with Crippen LogP contribution in [0.15, 0.2) is 75.9 Å². The van der Waals surface area contributed by atoms with E-state index < -0.39 is 36.1 Å². The predicted octanol–water partition coefficient (Wildman–Crippen LogP) is 3.64. The molecule has 5 rings (SSSR count). The standard InChI is InChI=1S/C26H16N2O9/c1-14-11-22(27-37-14)28-23(30)18-9-6-16(12-19(18)24(28)31)25(32)35-13-20(29)15-4-7-17(8-5-15)36-26(33)21-3-2-10-34-21/h2-12H,13H2,1H3. The maximum Gasteiger partial charge on any atom is 0.379 e. The number of nitrogens with zero attached hydrogens (tertiary/aromatic N) is 2. The van der Waals surface area contributed by atoms with Crippen molar-refractivity contribution in [1.29, 1.82) is 0 Å². The van der Waals surface area contributed by atoms with E-state index in [1.54, 1.807) is 13.0 Å². The monoisotopic (exact) mass is 500 g/mol. The first-order valence-corrected chi connectivity index (χ1v) is 10.8. The summed E-state index contributed by atoms with van der Waals surface area (Å²) in [6.45, 7) is 1.05. The van der Waals surface area contributed by atoms with Crippen LogP contribution in [0.3, 0.4) is 0 Å². The van der Waals surface area contributed by atoms with E-state index in [0.717, 1.165) is 4.90 Å². The SMILES string of the molecule is Cc1cc(N2C(=O)c3ccc(C(=O)OCC(=O)c4ccc(OC(=O)c5ccco5)cc4)cc3C2=O)no1. The van der Waals surface area contributed by atoms with Gasteiger partial charge in [0.25, 0.3) is 11.8 Å². The van der Waals surface area contributed by atoms with Crippen molar-refractivity contribution in [3.05, 3.63) is 101 Å². The van der Waals surface area contributed by atoms with Gasteiger partial charge in [0.15, 0.2) is 18.2 Å². The Morgan fingerprint density at radius 3 is 2.30 bits per heavy atom. The van der Waals surface area contributed by atoms with Crippen molar-refractivity contribution >= 4 is 35.4 Å². The third-order valence-corrected chi connectivity index (χ3v) is 5.41. The van der Waals surface area contributed by atoms with Crippen molar-refractivity contribution < 1.29 is 42.4 Å². The first-order chi connectivity index (χ1) is 17.8. The Labute approximate surface area is 208 Å². The molecule has 37 heavy (non-hydrogen) atoms. The second-order valence-corrected chi connectivity index (χ2v) is 7.89. The van der Waals surface area contributed by atoms with Crippen LogP contribution in [0.2, 0.25) is 0 Å². The smallest absolute Gasteiger partial charge is 0.379 e. The Morgan fingerprint density at radius 1 is 0.892 bits per heavy atom. The van der Waals surface area contributed by atoms with Gasteiger partial charge >= 0.3 is 11.9 Å². The molecule has 0 saturated carbocycles. The number of hydrogen-bond donors (Lipinski definition) is 0. The summed E-state index contributed by atoms with van der Waals surface area (Å²) in [5.41, 5.74) is 0.321. The number of aromatic nitrogens is 1. The van der Waals surface area contributed by atoms with Crippen molar-refractivity contribution in [3.8, 4) is 5.75 Å². The number of hydrogen-bond acceptors (Lipinski definition) is 10. The summed E-state index contributed by atoms with van der Waals surface area (Å²) in [6, 6.07) is 14.0. The quantitative estimate of drug-likeness (QED) is 0.159. The molecule has 0 fully saturated rings. The Morgan fingerprint density at radius 2 is 1.62 bits per heavy atom. The average molecular weight is 500 g/mol. The van der Waals surface area contributed by atoms with E-state index in [0.29, 0.717) is 5.76 Å². The van der Waals surface area contributed by atoms with Crippen LogP contribution in [0.5, 0.6) is 5.75 Å². The van der Waals surface area contributed by atoms with Crippen molar-refractivity contribution in [2.45, 2.75) is 6.92 Å². The van der Waals surface area contributed by atoms with Crippen molar-refractivity contribution in [3.63, 3.8) is 0 Å². The molecule has 184 valence electrons. The van der Waals surface area contributed by atoms with Crippen molar-refractivity contribution in [2.75, 3.05) is 11.5 Å². The Hall–Kier alpha value is -5.32. The summed E-state index contributed by atoms with van der Waals surface area (Å²) in [5.74, 6) is -2.60. The fourth-order valence-corrected chi connectivity index (χ4v) is 3.59. The van der Waals surface area contributed by atoms with Crippen molar-refractivity contribution in [1.82, 2.24) is 5.16 Å². The number of anilines is 1. The van der Waals surface area contributed by atoms with E-state index in [9.17, 15) is 24.0 Å². The second kappa shape index (κ2) is 9.38. The maximum atomic E-state index is 12.8. The number of ether oxygens (including phenoxy) is 2. The number of furan rings is 1. The highest BCUT2D eigenvalue weighted by Gasteiger charge is 2.39. The van der Waals surface area contributed by atoms with Crippen LogP contribution in [0.4, 0.5) is 5.82 Å². The summed E-state index contributed by atoms with van der Waals surface area (Å²) in [6.07, 6.45) is 1.34. The second-order valence-electron chi connectivity index (χ2n) is 7.89. The van der Waals surface area contributed by atoms with Gasteiger partial charge in [0.2, 0.25) is 5.76 Å². The van der Waals surface area contributed by atoms with Crippen LogP contribution >= 0.6 is 0 Å². The van der Waals surface area contributed by atoms with Gasteiger partial charge in [0.1, 0.15) is 11.5 Å². The molecule has 2 aromatic carbocycles. The summed E-state index contributed by atoms with van der Waals surface area (Å²) in [7, 11) is 0. The zero-order valence-electron chi connectivity index (χ0n) is 19.1. The molecule has 11 nitrogen and oxygen atoms in total. The van der Waals surface area contributed by atoms with E-state index in [4.69, 9.17) is 18.4 Å². The van der Waals surface area contributed by atoms with E-state index >= 15 is 0 Å². The first kappa shape index (κ1) is 23.4. The van der Waals surface area contributed by atoms with Gasteiger partial charge in [-0.15, -0.1) is 0 Å². The maximum absolute atomic E-state index is 12.8. The minimum atomic E-state index is -0.851. The minimum Gasteiger partial charge on any atom is -0.457 e. The zero-order chi connectivity index (χ0) is 26.1. The number of fused-ring (bicyclic) bond motifs is 1. The molecule has 2 amide bonds. The third kappa shape index (κ3) is 4.52. The lowest BCUT2D eigenvalue weighted by Crippen LogP contribution is -2.29. The van der Waals surface area contributed by atoms with E-state index in [1.165, 1.54) is 60.9 Å². The van der Waals surface area contributed by atoms with Gasteiger partial charge in [0.05, 0.1) is 23.0 Å². The molecule has 0 bridgehead atoms. The van der Waals surface area contributed by atoms with Crippen LogP contribution < -0.4 is 9.64 Å². The molecule has 0 N–H and O–H groups in total. The van der Waals surface area contributed by atoms with Crippen molar-refractivity contribution in [2.24, 2.45) is 0 Å². The lowest BCUT2D eigenvalue weighted by molar-refractivity contribution is 0.0474. The summed E-state index contributed by atoms with van der Waals surface area (Å²) in [4.78, 5) is 63.2. The largest absolute Gasteiger partial charge is 0.457 e. The van der Waals surface area contributed by atoms with Gasteiger partial charge in [-0.3, -0.25) is 14.4 Å². The average Bonchev–Trinajstić information content (AvgIpc) is 3.64. The fourth-order valence-electron chi connectivity index (χ4n) is 3.59. The molecule has 0 spiro atoms. The molecule has 0 aliphatic carbocycles. The lowest BCUT2D eigenvalue weighted by Gasteiger charge is -2.08. The number of Topliss-reactive ketones (excluding diaryl/α,β-unsaturated/α-hetero) is 1. The number of carbonyl (C=O) groups excluding carboxylic acids is 5. The fraction of sp³-hybridized carbons (Fsp3) is 0.0769. The predicted molar refractivity (Wildman–Crippen MR) is 124 cm³/mol. The third-order valence-electron chi connectivity index (χ3n) is 5.41. The van der Waals surface area contributed by atoms with Gasteiger partial charge in [-0.2, -0.15) is 0 Å². The van der Waals surface area contributed by atoms with Crippen LogP contribution in [0.1, 0.15) is 57.7 Å². The first-order valence-electron chi connectivity index (χ1n) is 10.8. The molecule has 2 aromatic heterocycles. The highest BCUT2D eigenvalue weighted by molar-refractivity contribution is 6.34. The van der Waals surface area contributed by atoms with Crippen LogP contribution in [-0.4, -0.2) is 41.3 Å². The number of imide groups is 1. The summed E-state index contributed by atoms with van der Waals surface area (Å²) >= 11 is 0. The highest BCUT2D eigenvalue weighted by Crippen LogP contribution is 2.29.